The summed E-state index contributed by atoms with van der Waals surface area (Å²) in [5.74, 6) is 1.20. The molecule has 1 aliphatic rings. The van der Waals surface area contributed by atoms with E-state index < -0.39 is 0 Å². The van der Waals surface area contributed by atoms with Gasteiger partial charge in [-0.2, -0.15) is 0 Å². The molecule has 0 radical (unpaired) electrons. The molecule has 0 aliphatic carbocycles. The van der Waals surface area contributed by atoms with Crippen molar-refractivity contribution in [2.45, 2.75) is 96.5 Å². The van der Waals surface area contributed by atoms with Crippen molar-refractivity contribution in [3.05, 3.63) is 0 Å². The number of hydrogen-bond donors (Lipinski definition) is 0. The third-order valence-corrected chi connectivity index (χ3v) is 4.70. The summed E-state index contributed by atoms with van der Waals surface area (Å²) in [6, 6.07) is 0. The van der Waals surface area contributed by atoms with Crippen molar-refractivity contribution in [3.63, 3.8) is 0 Å². The Balaban J connectivity index is 1.73. The average molecular weight is 272 g/mol. The molecule has 1 heterocycles. The smallest absolute Gasteiger partial charge is 0.0722 e. The van der Waals surface area contributed by atoms with Gasteiger partial charge >= 0.3 is 0 Å². The Kier molecular flexibility index (Phi) is 11.2. The summed E-state index contributed by atoms with van der Waals surface area (Å²) in [5, 5.41) is 0. The number of hydrogen-bond acceptors (Lipinski definition) is 2. The fourth-order valence-electron chi connectivity index (χ4n) is 2.61. The van der Waals surface area contributed by atoms with E-state index in [9.17, 15) is 0 Å². The molecule has 0 spiro atoms. The zero-order valence-corrected chi connectivity index (χ0v) is 13.1. The van der Waals surface area contributed by atoms with E-state index in [1.807, 2.05) is 0 Å². The van der Waals surface area contributed by atoms with Crippen molar-refractivity contribution >= 4 is 12.0 Å². The zero-order valence-electron chi connectivity index (χ0n) is 12.3. The monoisotopic (exact) mass is 272 g/mol. The molecule has 0 bridgehead atoms. The lowest BCUT2D eigenvalue weighted by Gasteiger charge is -2.20. The van der Waals surface area contributed by atoms with Gasteiger partial charge in [0.05, 0.1) is 6.10 Å². The van der Waals surface area contributed by atoms with Gasteiger partial charge in [0.25, 0.3) is 0 Å². The highest BCUT2D eigenvalue weighted by atomic mass is 32.2. The first kappa shape index (κ1) is 16.4. The molecule has 0 saturated carbocycles. The predicted molar refractivity (Wildman–Crippen MR) is 83.0 cm³/mol. The van der Waals surface area contributed by atoms with Gasteiger partial charge in [-0.05, 0) is 31.3 Å². The van der Waals surface area contributed by atoms with Crippen molar-refractivity contribution in [3.8, 4) is 0 Å². The van der Waals surface area contributed by atoms with Crippen LogP contribution in [0.15, 0.2) is 0 Å². The standard InChI is InChI=1S/C16H32OS/c1-2-3-4-5-6-7-8-9-10-11-13-16-14-12-15-18-17-16/h16H,2-15H2,1H3. The van der Waals surface area contributed by atoms with Crippen molar-refractivity contribution in [1.29, 1.82) is 0 Å². The highest BCUT2D eigenvalue weighted by Gasteiger charge is 2.13. The topological polar surface area (TPSA) is 9.23 Å². The predicted octanol–water partition coefficient (Wildman–Crippen LogP) is 6.12. The van der Waals surface area contributed by atoms with Gasteiger partial charge in [-0.25, -0.2) is 0 Å². The first-order valence-electron chi connectivity index (χ1n) is 8.21. The molecule has 0 aromatic carbocycles. The van der Waals surface area contributed by atoms with E-state index >= 15 is 0 Å². The van der Waals surface area contributed by atoms with E-state index in [2.05, 4.69) is 6.92 Å². The summed E-state index contributed by atoms with van der Waals surface area (Å²) in [6.07, 6.45) is 18.8. The molecule has 0 N–H and O–H groups in total. The van der Waals surface area contributed by atoms with Crippen LogP contribution in [0.25, 0.3) is 0 Å². The molecule has 1 atom stereocenters. The molecule has 1 rings (SSSR count). The molecule has 0 aromatic rings. The van der Waals surface area contributed by atoms with Crippen LogP contribution < -0.4 is 0 Å². The van der Waals surface area contributed by atoms with Crippen LogP contribution in [0.5, 0.6) is 0 Å². The second-order valence-corrected chi connectivity index (χ2v) is 6.49. The Bertz CT molecular complexity index is 166. The second kappa shape index (κ2) is 12.3. The van der Waals surface area contributed by atoms with Crippen LogP contribution in [0, 0.1) is 0 Å². The molecule has 18 heavy (non-hydrogen) atoms. The minimum atomic E-state index is 0.567. The Morgan fingerprint density at radius 1 is 0.889 bits per heavy atom. The van der Waals surface area contributed by atoms with E-state index in [0.717, 1.165) is 0 Å². The van der Waals surface area contributed by atoms with Gasteiger partial charge < -0.3 is 4.18 Å². The van der Waals surface area contributed by atoms with Crippen molar-refractivity contribution in [2.75, 3.05) is 5.75 Å². The first-order chi connectivity index (χ1) is 8.93. The van der Waals surface area contributed by atoms with Crippen LogP contribution in [-0.4, -0.2) is 11.9 Å². The molecule has 108 valence electrons. The van der Waals surface area contributed by atoms with Gasteiger partial charge in [-0.3, -0.25) is 0 Å². The molecule has 2 heteroatoms. The lowest BCUT2D eigenvalue weighted by Crippen LogP contribution is -2.14. The summed E-state index contributed by atoms with van der Waals surface area (Å²) >= 11 is 1.68. The van der Waals surface area contributed by atoms with Gasteiger partial charge in [-0.1, -0.05) is 71.1 Å². The molecule has 1 saturated heterocycles. The summed E-state index contributed by atoms with van der Waals surface area (Å²) in [7, 11) is 0. The molecular formula is C16H32OS. The summed E-state index contributed by atoms with van der Waals surface area (Å²) in [6.45, 7) is 2.29. The van der Waals surface area contributed by atoms with E-state index in [1.165, 1.54) is 89.2 Å². The van der Waals surface area contributed by atoms with Gasteiger partial charge in [0.1, 0.15) is 0 Å². The molecule has 1 aliphatic heterocycles. The molecule has 1 fully saturated rings. The molecule has 0 aromatic heterocycles. The first-order valence-corrected chi connectivity index (χ1v) is 9.13. The quantitative estimate of drug-likeness (QED) is 0.331. The van der Waals surface area contributed by atoms with Crippen molar-refractivity contribution in [1.82, 2.24) is 0 Å². The largest absolute Gasteiger partial charge is 0.312 e. The van der Waals surface area contributed by atoms with Crippen molar-refractivity contribution < 1.29 is 4.18 Å². The fraction of sp³-hybridized carbons (Fsp3) is 1.00. The van der Waals surface area contributed by atoms with Crippen LogP contribution in [0.4, 0.5) is 0 Å². The Morgan fingerprint density at radius 2 is 1.50 bits per heavy atom. The maximum absolute atomic E-state index is 5.68. The summed E-state index contributed by atoms with van der Waals surface area (Å²) in [5.41, 5.74) is 0. The minimum Gasteiger partial charge on any atom is -0.312 e. The third kappa shape index (κ3) is 9.27. The maximum Gasteiger partial charge on any atom is 0.0722 e. The normalized spacial score (nSPS) is 20.2. The lowest BCUT2D eigenvalue weighted by molar-refractivity contribution is 0.198. The van der Waals surface area contributed by atoms with Gasteiger partial charge in [0, 0.05) is 5.75 Å². The number of unbranched alkanes of at least 4 members (excludes halogenated alkanes) is 9. The Labute approximate surface area is 119 Å². The van der Waals surface area contributed by atoms with E-state index in [-0.39, 0.29) is 0 Å². The van der Waals surface area contributed by atoms with Crippen LogP contribution in [0.1, 0.15) is 90.4 Å². The van der Waals surface area contributed by atoms with Crippen LogP contribution in [0.3, 0.4) is 0 Å². The van der Waals surface area contributed by atoms with Gasteiger partial charge in [0.2, 0.25) is 0 Å². The SMILES string of the molecule is CCCCCCCCCCCCC1CCCSO1. The third-order valence-electron chi connectivity index (χ3n) is 3.84. The number of rotatable bonds is 11. The van der Waals surface area contributed by atoms with Crippen LogP contribution in [0.2, 0.25) is 0 Å². The Morgan fingerprint density at radius 3 is 2.06 bits per heavy atom. The highest BCUT2D eigenvalue weighted by Crippen LogP contribution is 2.24. The second-order valence-electron chi connectivity index (χ2n) is 5.65. The van der Waals surface area contributed by atoms with Gasteiger partial charge in [-0.15, -0.1) is 0 Å². The van der Waals surface area contributed by atoms with Crippen LogP contribution in [-0.2, 0) is 4.18 Å². The summed E-state index contributed by atoms with van der Waals surface area (Å²) < 4.78 is 5.68. The minimum absolute atomic E-state index is 0.567. The van der Waals surface area contributed by atoms with E-state index in [1.54, 1.807) is 12.0 Å². The average Bonchev–Trinajstić information content (AvgIpc) is 2.42. The van der Waals surface area contributed by atoms with E-state index in [0.29, 0.717) is 6.10 Å². The molecule has 1 unspecified atom stereocenters. The Hall–Kier alpha value is 0.310. The van der Waals surface area contributed by atoms with Crippen LogP contribution >= 0.6 is 12.0 Å². The molecular weight excluding hydrogens is 240 g/mol. The summed E-state index contributed by atoms with van der Waals surface area (Å²) in [4.78, 5) is 0. The molecule has 1 nitrogen and oxygen atoms in total. The molecule has 0 amide bonds. The van der Waals surface area contributed by atoms with Crippen molar-refractivity contribution in [2.24, 2.45) is 0 Å². The maximum atomic E-state index is 5.68. The van der Waals surface area contributed by atoms with E-state index in [4.69, 9.17) is 4.18 Å². The fourth-order valence-corrected chi connectivity index (χ4v) is 3.38. The van der Waals surface area contributed by atoms with Gasteiger partial charge in [0.15, 0.2) is 0 Å². The zero-order chi connectivity index (χ0) is 12.9. The lowest BCUT2D eigenvalue weighted by atomic mass is 10.0. The highest BCUT2D eigenvalue weighted by molar-refractivity contribution is 7.94.